The van der Waals surface area contributed by atoms with E-state index in [4.69, 9.17) is 14.6 Å². The van der Waals surface area contributed by atoms with Crippen molar-refractivity contribution in [1.82, 2.24) is 9.55 Å². The maximum absolute atomic E-state index is 11.5. The van der Waals surface area contributed by atoms with Crippen LogP contribution in [0.4, 0.5) is 0 Å². The average molecular weight is 228 g/mol. The Morgan fingerprint density at radius 1 is 1.50 bits per heavy atom. The summed E-state index contributed by atoms with van der Waals surface area (Å²) in [4.78, 5) is 25.3. The molecule has 0 radical (unpaired) electrons. The number of aromatic nitrogens is 2. The molecule has 2 heterocycles. The summed E-state index contributed by atoms with van der Waals surface area (Å²) in [7, 11) is 0. The number of H-pyrrole nitrogens is 1. The van der Waals surface area contributed by atoms with Crippen molar-refractivity contribution in [1.29, 1.82) is 0 Å². The van der Waals surface area contributed by atoms with Gasteiger partial charge in [0.1, 0.15) is 6.10 Å². The van der Waals surface area contributed by atoms with E-state index in [2.05, 4.69) is 4.98 Å². The molecule has 2 unspecified atom stereocenters. The van der Waals surface area contributed by atoms with Crippen LogP contribution in [0, 0.1) is 0 Å². The monoisotopic (exact) mass is 228 g/mol. The lowest BCUT2D eigenvalue weighted by molar-refractivity contribution is -0.180. The number of rotatable bonds is 2. The van der Waals surface area contributed by atoms with Gasteiger partial charge in [0.25, 0.3) is 5.56 Å². The Balaban J connectivity index is 2.30. The Labute approximate surface area is 90.2 Å². The molecule has 1 aromatic rings. The van der Waals surface area contributed by atoms with Gasteiger partial charge in [-0.2, -0.15) is 0 Å². The molecule has 1 aromatic heterocycles. The van der Waals surface area contributed by atoms with Gasteiger partial charge in [-0.15, -0.1) is 0 Å². The number of nitrogens with one attached hydrogen (secondary N) is 1. The Hall–Kier alpha value is -1.44. The van der Waals surface area contributed by atoms with Crippen LogP contribution in [-0.4, -0.2) is 40.6 Å². The van der Waals surface area contributed by atoms with Gasteiger partial charge in [-0.1, -0.05) is 0 Å². The van der Waals surface area contributed by atoms with Crippen molar-refractivity contribution in [2.24, 2.45) is 0 Å². The fourth-order valence-corrected chi connectivity index (χ4v) is 1.54. The third-order valence-electron chi connectivity index (χ3n) is 2.29. The van der Waals surface area contributed by atoms with E-state index in [9.17, 15) is 9.59 Å². The van der Waals surface area contributed by atoms with Crippen LogP contribution in [0.1, 0.15) is 6.23 Å². The quantitative estimate of drug-likeness (QED) is 0.638. The highest BCUT2D eigenvalue weighted by Gasteiger charge is 2.25. The van der Waals surface area contributed by atoms with Gasteiger partial charge in [0.2, 0.25) is 0 Å². The standard InChI is InChI=1S/C9H12N2O5/c12-3-6-4-15-5-8(16-6)11-7(13)1-2-10-9(11)14/h1-2,6,8,12H,3-5H2,(H,10,14). The van der Waals surface area contributed by atoms with E-state index in [0.717, 1.165) is 4.57 Å². The molecule has 1 aliphatic rings. The van der Waals surface area contributed by atoms with Crippen molar-refractivity contribution >= 4 is 0 Å². The molecule has 88 valence electrons. The average Bonchev–Trinajstić information content (AvgIpc) is 2.29. The second-order valence-electron chi connectivity index (χ2n) is 3.42. The SMILES string of the molecule is O=c1cc[nH]c(=O)n1C1COCC(CO)O1. The molecule has 0 saturated carbocycles. The van der Waals surface area contributed by atoms with Crippen molar-refractivity contribution in [2.75, 3.05) is 19.8 Å². The molecular weight excluding hydrogens is 216 g/mol. The Bertz CT molecular complexity index is 437. The van der Waals surface area contributed by atoms with Crippen LogP contribution in [0.2, 0.25) is 0 Å². The Kier molecular flexibility index (Phi) is 3.18. The summed E-state index contributed by atoms with van der Waals surface area (Å²) in [5.41, 5.74) is -1.02. The first-order valence-corrected chi connectivity index (χ1v) is 4.86. The molecule has 0 aliphatic carbocycles. The Morgan fingerprint density at radius 3 is 3.00 bits per heavy atom. The summed E-state index contributed by atoms with van der Waals surface area (Å²) in [6, 6.07) is 1.23. The van der Waals surface area contributed by atoms with E-state index in [1.165, 1.54) is 12.3 Å². The summed E-state index contributed by atoms with van der Waals surface area (Å²) in [6.07, 6.45) is -0.0254. The molecule has 16 heavy (non-hydrogen) atoms. The highest BCUT2D eigenvalue weighted by molar-refractivity contribution is 4.85. The highest BCUT2D eigenvalue weighted by Crippen LogP contribution is 2.13. The van der Waals surface area contributed by atoms with Gasteiger partial charge in [-0.3, -0.25) is 4.79 Å². The van der Waals surface area contributed by atoms with E-state index in [0.29, 0.717) is 0 Å². The summed E-state index contributed by atoms with van der Waals surface area (Å²) in [5, 5.41) is 8.92. The first kappa shape index (κ1) is 11.1. The lowest BCUT2D eigenvalue weighted by atomic mass is 10.3. The predicted octanol–water partition coefficient (Wildman–Crippen LogP) is -1.56. The summed E-state index contributed by atoms with van der Waals surface area (Å²) < 4.78 is 11.4. The normalized spacial score (nSPS) is 25.6. The fourth-order valence-electron chi connectivity index (χ4n) is 1.54. The minimum Gasteiger partial charge on any atom is -0.394 e. The molecule has 2 rings (SSSR count). The number of ether oxygens (including phenoxy) is 2. The lowest BCUT2D eigenvalue weighted by Gasteiger charge is -2.29. The molecule has 1 fully saturated rings. The number of hydrogen-bond acceptors (Lipinski definition) is 5. The largest absolute Gasteiger partial charge is 0.394 e. The molecule has 7 heteroatoms. The van der Waals surface area contributed by atoms with Gasteiger partial charge in [-0.25, -0.2) is 9.36 Å². The van der Waals surface area contributed by atoms with Crippen molar-refractivity contribution in [3.05, 3.63) is 33.1 Å². The first-order chi connectivity index (χ1) is 7.72. The zero-order chi connectivity index (χ0) is 11.5. The van der Waals surface area contributed by atoms with E-state index in [-0.39, 0.29) is 19.8 Å². The van der Waals surface area contributed by atoms with Crippen molar-refractivity contribution < 1.29 is 14.6 Å². The zero-order valence-electron chi connectivity index (χ0n) is 8.46. The number of hydrogen-bond donors (Lipinski definition) is 2. The van der Waals surface area contributed by atoms with Crippen LogP contribution < -0.4 is 11.2 Å². The molecule has 0 aromatic carbocycles. The molecule has 2 N–H and O–H groups in total. The minimum atomic E-state index is -0.789. The number of aliphatic hydroxyl groups excluding tert-OH is 1. The molecule has 7 nitrogen and oxygen atoms in total. The van der Waals surface area contributed by atoms with Crippen LogP contribution in [0.5, 0.6) is 0 Å². The molecule has 0 amide bonds. The smallest absolute Gasteiger partial charge is 0.330 e. The first-order valence-electron chi connectivity index (χ1n) is 4.86. The minimum absolute atomic E-state index is 0.115. The van der Waals surface area contributed by atoms with E-state index >= 15 is 0 Å². The van der Waals surface area contributed by atoms with Crippen LogP contribution in [-0.2, 0) is 9.47 Å². The van der Waals surface area contributed by atoms with Gasteiger partial charge < -0.3 is 19.6 Å². The number of aliphatic hydroxyl groups is 1. The van der Waals surface area contributed by atoms with Gasteiger partial charge in [0.05, 0.1) is 19.8 Å². The lowest BCUT2D eigenvalue weighted by Crippen LogP contribution is -2.45. The van der Waals surface area contributed by atoms with E-state index < -0.39 is 23.6 Å². The predicted molar refractivity (Wildman–Crippen MR) is 53.1 cm³/mol. The maximum Gasteiger partial charge on any atom is 0.330 e. The summed E-state index contributed by atoms with van der Waals surface area (Å²) in [6.45, 7) is 0.159. The van der Waals surface area contributed by atoms with Crippen LogP contribution in [0.15, 0.2) is 21.9 Å². The van der Waals surface area contributed by atoms with Crippen LogP contribution >= 0.6 is 0 Å². The van der Waals surface area contributed by atoms with Crippen LogP contribution in [0.25, 0.3) is 0 Å². The highest BCUT2D eigenvalue weighted by atomic mass is 16.6. The molecule has 1 aliphatic heterocycles. The third kappa shape index (κ3) is 2.06. The fraction of sp³-hybridized carbons (Fsp3) is 0.556. The second kappa shape index (κ2) is 4.60. The maximum atomic E-state index is 11.5. The zero-order valence-corrected chi connectivity index (χ0v) is 8.46. The second-order valence-corrected chi connectivity index (χ2v) is 3.42. The van der Waals surface area contributed by atoms with E-state index in [1.54, 1.807) is 0 Å². The van der Waals surface area contributed by atoms with Crippen molar-refractivity contribution in [3.63, 3.8) is 0 Å². The van der Waals surface area contributed by atoms with Crippen molar-refractivity contribution in [2.45, 2.75) is 12.3 Å². The summed E-state index contributed by atoms with van der Waals surface area (Å²) >= 11 is 0. The van der Waals surface area contributed by atoms with Gasteiger partial charge in [-0.05, 0) is 0 Å². The molecular formula is C9H12N2O5. The van der Waals surface area contributed by atoms with Gasteiger partial charge in [0, 0.05) is 12.3 Å². The van der Waals surface area contributed by atoms with Gasteiger partial charge in [0.15, 0.2) is 6.23 Å². The van der Waals surface area contributed by atoms with Crippen LogP contribution in [0.3, 0.4) is 0 Å². The number of nitrogens with zero attached hydrogens (tertiary/aromatic N) is 1. The molecule has 0 bridgehead atoms. The van der Waals surface area contributed by atoms with E-state index in [1.807, 2.05) is 0 Å². The number of aromatic amines is 1. The van der Waals surface area contributed by atoms with Crippen molar-refractivity contribution in [3.8, 4) is 0 Å². The van der Waals surface area contributed by atoms with Gasteiger partial charge >= 0.3 is 5.69 Å². The molecule has 2 atom stereocenters. The molecule has 1 saturated heterocycles. The topological polar surface area (TPSA) is 93.6 Å². The molecule has 0 spiro atoms. The Morgan fingerprint density at radius 2 is 2.31 bits per heavy atom. The summed E-state index contributed by atoms with van der Waals surface area (Å²) in [5.74, 6) is 0. The third-order valence-corrected chi connectivity index (χ3v) is 2.29.